The molecule has 4 nitrogen and oxygen atoms in total. The second-order valence-electron chi connectivity index (χ2n) is 3.71. The molecule has 0 unspecified atom stereocenters. The smallest absolute Gasteiger partial charge is 0.449 e. The van der Waals surface area contributed by atoms with Crippen molar-refractivity contribution in [2.45, 2.75) is 6.18 Å². The van der Waals surface area contributed by atoms with Crippen LogP contribution in [0.5, 0.6) is 0 Å². The van der Waals surface area contributed by atoms with Crippen molar-refractivity contribution in [3.8, 4) is 0 Å². The molecular weight excluding hydrogens is 285 g/mol. The maximum atomic E-state index is 12.5. The van der Waals surface area contributed by atoms with Crippen molar-refractivity contribution in [2.75, 3.05) is 0 Å². The maximum absolute atomic E-state index is 12.5. The van der Waals surface area contributed by atoms with Crippen LogP contribution in [0.4, 0.5) is 13.2 Å². The fourth-order valence-electron chi connectivity index (χ4n) is 1.75. The highest BCUT2D eigenvalue weighted by molar-refractivity contribution is 6.00. The van der Waals surface area contributed by atoms with Gasteiger partial charge in [-0.05, 0) is 12.1 Å². The summed E-state index contributed by atoms with van der Waals surface area (Å²) in [5.74, 6) is -1.11. The van der Waals surface area contributed by atoms with Crippen LogP contribution in [-0.4, -0.2) is 9.97 Å². The number of nitrogens with zero attached hydrogens (tertiary/aromatic N) is 1. The molecule has 1 N–H and O–H groups in total. The summed E-state index contributed by atoms with van der Waals surface area (Å²) in [4.78, 5) is 17.1. The first-order valence-corrected chi connectivity index (χ1v) is 4.94. The zero-order chi connectivity index (χ0) is 12.9. The van der Waals surface area contributed by atoms with Crippen LogP contribution in [-0.2, 0) is 6.18 Å². The van der Waals surface area contributed by atoms with Gasteiger partial charge in [-0.3, -0.25) is 4.79 Å². The zero-order valence-electron chi connectivity index (χ0n) is 9.12. The van der Waals surface area contributed by atoms with E-state index >= 15 is 0 Å². The summed E-state index contributed by atoms with van der Waals surface area (Å²) in [6.45, 7) is 0. The molecule has 0 atom stereocenters. The number of imidazole rings is 1. The van der Waals surface area contributed by atoms with Gasteiger partial charge in [-0.25, -0.2) is 4.98 Å². The monoisotopic (exact) mass is 290 g/mol. The first-order valence-electron chi connectivity index (χ1n) is 4.94. The number of aromatic nitrogens is 2. The van der Waals surface area contributed by atoms with Gasteiger partial charge in [-0.1, -0.05) is 0 Å². The van der Waals surface area contributed by atoms with Crippen molar-refractivity contribution in [3.05, 3.63) is 40.5 Å². The molecule has 0 fully saturated rings. The molecule has 19 heavy (non-hydrogen) atoms. The van der Waals surface area contributed by atoms with Crippen molar-refractivity contribution >= 4 is 34.4 Å². The largest absolute Gasteiger partial charge is 0.462 e. The van der Waals surface area contributed by atoms with E-state index in [1.54, 1.807) is 0 Å². The van der Waals surface area contributed by atoms with Gasteiger partial charge >= 0.3 is 6.18 Å². The van der Waals surface area contributed by atoms with Crippen LogP contribution in [0.2, 0.25) is 0 Å². The Labute approximate surface area is 109 Å². The molecule has 0 amide bonds. The molecule has 100 valence electrons. The van der Waals surface area contributed by atoms with Gasteiger partial charge in [0.2, 0.25) is 5.82 Å². The second kappa shape index (κ2) is 4.27. The van der Waals surface area contributed by atoms with Crippen LogP contribution >= 0.6 is 12.4 Å². The number of H-pyrrole nitrogens is 1. The Hall–Kier alpha value is -2.02. The predicted molar refractivity (Wildman–Crippen MR) is 64.4 cm³/mol. The lowest BCUT2D eigenvalue weighted by Crippen LogP contribution is -2.06. The van der Waals surface area contributed by atoms with Gasteiger partial charge in [-0.15, -0.1) is 12.4 Å². The summed E-state index contributed by atoms with van der Waals surface area (Å²) < 4.78 is 42.6. The first-order chi connectivity index (χ1) is 8.47. The van der Waals surface area contributed by atoms with Crippen LogP contribution in [0, 0.1) is 0 Å². The van der Waals surface area contributed by atoms with Crippen molar-refractivity contribution in [1.29, 1.82) is 0 Å². The highest BCUT2D eigenvalue weighted by Gasteiger charge is 2.35. The van der Waals surface area contributed by atoms with Gasteiger partial charge in [0.25, 0.3) is 0 Å². The van der Waals surface area contributed by atoms with Gasteiger partial charge in [0, 0.05) is 6.07 Å². The SMILES string of the molecule is Cl.O=c1ccoc2c1ccc1[nH]c(C(F)(F)F)nc12. The number of benzene rings is 1. The minimum Gasteiger partial charge on any atom is -0.462 e. The van der Waals surface area contributed by atoms with E-state index in [0.29, 0.717) is 0 Å². The molecule has 0 bridgehead atoms. The first kappa shape index (κ1) is 13.4. The van der Waals surface area contributed by atoms with Crippen LogP contribution in [0.1, 0.15) is 5.82 Å². The highest BCUT2D eigenvalue weighted by Crippen LogP contribution is 2.30. The topological polar surface area (TPSA) is 58.9 Å². The molecule has 0 spiro atoms. The van der Waals surface area contributed by atoms with Gasteiger partial charge in [-0.2, -0.15) is 13.2 Å². The average Bonchev–Trinajstić information content (AvgIpc) is 2.73. The van der Waals surface area contributed by atoms with E-state index < -0.39 is 12.0 Å². The van der Waals surface area contributed by atoms with E-state index in [1.807, 2.05) is 0 Å². The summed E-state index contributed by atoms with van der Waals surface area (Å²) in [5.41, 5.74) is -0.108. The lowest BCUT2D eigenvalue weighted by Gasteiger charge is -1.98. The van der Waals surface area contributed by atoms with E-state index in [4.69, 9.17) is 4.42 Å². The third-order valence-corrected chi connectivity index (χ3v) is 2.55. The number of halogens is 4. The number of nitrogens with one attached hydrogen (secondary N) is 1. The standard InChI is InChI=1S/C11H5F3N2O2.ClH/c12-11(13,14)10-15-6-2-1-5-7(17)3-4-18-9(5)8(6)16-10;/h1-4H,(H,15,16);1H. The van der Waals surface area contributed by atoms with Crippen molar-refractivity contribution in [2.24, 2.45) is 0 Å². The predicted octanol–water partition coefficient (Wildman–Crippen LogP) is 3.11. The fourth-order valence-corrected chi connectivity index (χ4v) is 1.75. The minimum atomic E-state index is -4.57. The number of fused-ring (bicyclic) bond motifs is 3. The van der Waals surface area contributed by atoms with Crippen LogP contribution in [0.15, 0.2) is 33.7 Å². The molecule has 0 saturated heterocycles. The summed E-state index contributed by atoms with van der Waals surface area (Å²) in [6.07, 6.45) is -3.44. The number of hydrogen-bond donors (Lipinski definition) is 1. The fraction of sp³-hybridized carbons (Fsp3) is 0.0909. The molecule has 2 aromatic heterocycles. The minimum absolute atomic E-state index is 0. The van der Waals surface area contributed by atoms with E-state index in [0.717, 1.165) is 6.26 Å². The Morgan fingerprint density at radius 1 is 1.21 bits per heavy atom. The van der Waals surface area contributed by atoms with Crippen molar-refractivity contribution < 1.29 is 17.6 Å². The normalized spacial score (nSPS) is 11.7. The van der Waals surface area contributed by atoms with Crippen LogP contribution in [0.25, 0.3) is 22.0 Å². The Kier molecular flexibility index (Phi) is 3.01. The molecule has 3 aromatic rings. The van der Waals surface area contributed by atoms with Crippen LogP contribution < -0.4 is 5.43 Å². The van der Waals surface area contributed by atoms with E-state index in [1.165, 1.54) is 18.2 Å². The molecule has 0 aliphatic heterocycles. The van der Waals surface area contributed by atoms with Gasteiger partial charge < -0.3 is 9.40 Å². The number of aromatic amines is 1. The quantitative estimate of drug-likeness (QED) is 0.692. The van der Waals surface area contributed by atoms with Crippen molar-refractivity contribution in [3.63, 3.8) is 0 Å². The average molecular weight is 291 g/mol. The molecule has 3 rings (SSSR count). The third kappa shape index (κ3) is 2.06. The van der Waals surface area contributed by atoms with E-state index in [-0.39, 0.29) is 39.8 Å². The lowest BCUT2D eigenvalue weighted by atomic mass is 10.2. The van der Waals surface area contributed by atoms with E-state index in [9.17, 15) is 18.0 Å². The van der Waals surface area contributed by atoms with E-state index in [2.05, 4.69) is 9.97 Å². The molecule has 0 saturated carbocycles. The summed E-state index contributed by atoms with van der Waals surface area (Å²) >= 11 is 0. The molecule has 0 aliphatic carbocycles. The summed E-state index contributed by atoms with van der Waals surface area (Å²) in [6, 6.07) is 3.98. The molecule has 1 aromatic carbocycles. The Balaban J connectivity index is 0.00000133. The van der Waals surface area contributed by atoms with Crippen molar-refractivity contribution in [1.82, 2.24) is 9.97 Å². The van der Waals surface area contributed by atoms with Gasteiger partial charge in [0.1, 0.15) is 5.52 Å². The van der Waals surface area contributed by atoms with Gasteiger partial charge in [0.05, 0.1) is 17.2 Å². The molecular formula is C11H6ClF3N2O2. The number of hydrogen-bond acceptors (Lipinski definition) is 3. The molecule has 0 radical (unpaired) electrons. The lowest BCUT2D eigenvalue weighted by molar-refractivity contribution is -0.144. The number of alkyl halides is 3. The summed E-state index contributed by atoms with van der Waals surface area (Å²) in [7, 11) is 0. The summed E-state index contributed by atoms with van der Waals surface area (Å²) in [5, 5.41) is 0.199. The Morgan fingerprint density at radius 3 is 2.63 bits per heavy atom. The zero-order valence-corrected chi connectivity index (χ0v) is 9.93. The molecule has 0 aliphatic rings. The highest BCUT2D eigenvalue weighted by atomic mass is 35.5. The maximum Gasteiger partial charge on any atom is 0.449 e. The molecule has 8 heteroatoms. The Morgan fingerprint density at radius 2 is 1.95 bits per heavy atom. The van der Waals surface area contributed by atoms with Gasteiger partial charge in [0.15, 0.2) is 11.0 Å². The van der Waals surface area contributed by atoms with Crippen LogP contribution in [0.3, 0.4) is 0 Å². The number of rotatable bonds is 0. The second-order valence-corrected chi connectivity index (χ2v) is 3.71. The molecule has 2 heterocycles. The third-order valence-electron chi connectivity index (χ3n) is 2.55. The Bertz CT molecular complexity index is 807.